The average Bonchev–Trinajstić information content (AvgIpc) is 2.55. The Kier molecular flexibility index (Phi) is 5.75. The van der Waals surface area contributed by atoms with Gasteiger partial charge in [0, 0.05) is 6.54 Å². The van der Waals surface area contributed by atoms with E-state index in [1.54, 1.807) is 13.2 Å². The number of rotatable bonds is 7. The standard InChI is InChI=1S/C17H17FN2O2/c1-21-16-4-2-3-13(9-16)12-22-8-7-20-17-6-5-15(18)10-14(17)11-19/h2-6,9-10,20H,7-8,12H2,1H3. The third-order valence-electron chi connectivity index (χ3n) is 3.07. The Balaban J connectivity index is 1.77. The number of nitriles is 1. The number of hydrogen-bond donors (Lipinski definition) is 1. The minimum absolute atomic E-state index is 0.285. The van der Waals surface area contributed by atoms with E-state index in [0.717, 1.165) is 11.3 Å². The Labute approximate surface area is 129 Å². The van der Waals surface area contributed by atoms with E-state index in [9.17, 15) is 4.39 Å². The van der Waals surface area contributed by atoms with Crippen molar-refractivity contribution in [2.24, 2.45) is 0 Å². The van der Waals surface area contributed by atoms with Gasteiger partial charge >= 0.3 is 0 Å². The number of nitrogens with one attached hydrogen (secondary N) is 1. The minimum atomic E-state index is -0.420. The SMILES string of the molecule is COc1cccc(COCCNc2ccc(F)cc2C#N)c1. The number of methoxy groups -OCH3 is 1. The van der Waals surface area contributed by atoms with Crippen molar-refractivity contribution in [3.63, 3.8) is 0 Å². The third kappa shape index (κ3) is 4.47. The van der Waals surface area contributed by atoms with Gasteiger partial charge in [0.15, 0.2) is 0 Å². The molecule has 2 aromatic carbocycles. The highest BCUT2D eigenvalue weighted by molar-refractivity contribution is 5.57. The lowest BCUT2D eigenvalue weighted by Crippen LogP contribution is -2.10. The van der Waals surface area contributed by atoms with Gasteiger partial charge in [-0.2, -0.15) is 5.26 Å². The largest absolute Gasteiger partial charge is 0.497 e. The fourth-order valence-corrected chi connectivity index (χ4v) is 1.97. The highest BCUT2D eigenvalue weighted by Gasteiger charge is 2.03. The first-order valence-corrected chi connectivity index (χ1v) is 6.87. The Morgan fingerprint density at radius 2 is 2.09 bits per heavy atom. The van der Waals surface area contributed by atoms with Crippen LogP contribution in [0.5, 0.6) is 5.75 Å². The first-order chi connectivity index (χ1) is 10.7. The van der Waals surface area contributed by atoms with Crippen LogP contribution in [0.4, 0.5) is 10.1 Å². The molecule has 2 aromatic rings. The molecule has 0 unspecified atom stereocenters. The molecule has 0 amide bonds. The first-order valence-electron chi connectivity index (χ1n) is 6.87. The number of benzene rings is 2. The highest BCUT2D eigenvalue weighted by atomic mass is 19.1. The van der Waals surface area contributed by atoms with E-state index < -0.39 is 5.82 Å². The molecule has 0 bridgehead atoms. The summed E-state index contributed by atoms with van der Waals surface area (Å²) in [5.41, 5.74) is 1.92. The lowest BCUT2D eigenvalue weighted by molar-refractivity contribution is 0.130. The first kappa shape index (κ1) is 15.8. The van der Waals surface area contributed by atoms with Gasteiger partial charge in [-0.1, -0.05) is 12.1 Å². The molecule has 0 saturated heterocycles. The maximum Gasteiger partial charge on any atom is 0.124 e. The molecule has 0 heterocycles. The number of halogens is 1. The summed E-state index contributed by atoms with van der Waals surface area (Å²) >= 11 is 0. The van der Waals surface area contributed by atoms with Gasteiger partial charge < -0.3 is 14.8 Å². The molecule has 0 aliphatic rings. The van der Waals surface area contributed by atoms with Crippen LogP contribution in [0.15, 0.2) is 42.5 Å². The van der Waals surface area contributed by atoms with Crippen molar-refractivity contribution >= 4 is 5.69 Å². The minimum Gasteiger partial charge on any atom is -0.497 e. The van der Waals surface area contributed by atoms with Crippen LogP contribution in [0.2, 0.25) is 0 Å². The zero-order chi connectivity index (χ0) is 15.8. The second kappa shape index (κ2) is 8.01. The lowest BCUT2D eigenvalue weighted by Gasteiger charge is -2.09. The fourth-order valence-electron chi connectivity index (χ4n) is 1.97. The summed E-state index contributed by atoms with van der Waals surface area (Å²) in [4.78, 5) is 0. The molecule has 2 rings (SSSR count). The quantitative estimate of drug-likeness (QED) is 0.797. The average molecular weight is 300 g/mol. The molecule has 5 heteroatoms. The van der Waals surface area contributed by atoms with Gasteiger partial charge in [-0.25, -0.2) is 4.39 Å². The van der Waals surface area contributed by atoms with E-state index in [0.29, 0.717) is 25.4 Å². The molecule has 4 nitrogen and oxygen atoms in total. The summed E-state index contributed by atoms with van der Waals surface area (Å²) in [6.07, 6.45) is 0. The molecule has 0 spiro atoms. The van der Waals surface area contributed by atoms with Crippen LogP contribution in [0.3, 0.4) is 0 Å². The molecular weight excluding hydrogens is 283 g/mol. The van der Waals surface area contributed by atoms with E-state index in [2.05, 4.69) is 5.32 Å². The Hall–Kier alpha value is -2.58. The van der Waals surface area contributed by atoms with Crippen molar-refractivity contribution in [3.05, 3.63) is 59.4 Å². The smallest absolute Gasteiger partial charge is 0.124 e. The second-order valence-corrected chi connectivity index (χ2v) is 4.63. The Morgan fingerprint density at radius 3 is 2.86 bits per heavy atom. The summed E-state index contributed by atoms with van der Waals surface area (Å²) in [5, 5.41) is 12.0. The van der Waals surface area contributed by atoms with Crippen molar-refractivity contribution in [2.75, 3.05) is 25.6 Å². The molecule has 0 fully saturated rings. The predicted molar refractivity (Wildman–Crippen MR) is 82.3 cm³/mol. The molecule has 22 heavy (non-hydrogen) atoms. The summed E-state index contributed by atoms with van der Waals surface area (Å²) < 4.78 is 23.7. The summed E-state index contributed by atoms with van der Waals surface area (Å²) in [6.45, 7) is 1.48. The summed E-state index contributed by atoms with van der Waals surface area (Å²) in [7, 11) is 1.62. The molecule has 0 aromatic heterocycles. The van der Waals surface area contributed by atoms with E-state index in [1.165, 1.54) is 12.1 Å². The van der Waals surface area contributed by atoms with Gasteiger partial charge in [0.2, 0.25) is 0 Å². The van der Waals surface area contributed by atoms with Gasteiger partial charge in [-0.15, -0.1) is 0 Å². The lowest BCUT2D eigenvalue weighted by atomic mass is 10.2. The van der Waals surface area contributed by atoms with Crippen LogP contribution in [0.1, 0.15) is 11.1 Å². The van der Waals surface area contributed by atoms with Gasteiger partial charge in [0.05, 0.1) is 31.6 Å². The third-order valence-corrected chi connectivity index (χ3v) is 3.07. The second-order valence-electron chi connectivity index (χ2n) is 4.63. The number of anilines is 1. The molecule has 1 N–H and O–H groups in total. The topological polar surface area (TPSA) is 54.3 Å². The molecular formula is C17H17FN2O2. The van der Waals surface area contributed by atoms with Gasteiger partial charge in [0.1, 0.15) is 17.6 Å². The van der Waals surface area contributed by atoms with Crippen LogP contribution >= 0.6 is 0 Å². The number of ether oxygens (including phenoxy) is 2. The van der Waals surface area contributed by atoms with Crippen molar-refractivity contribution in [3.8, 4) is 11.8 Å². The van der Waals surface area contributed by atoms with Crippen LogP contribution in [-0.2, 0) is 11.3 Å². The Morgan fingerprint density at radius 1 is 1.23 bits per heavy atom. The van der Waals surface area contributed by atoms with Gasteiger partial charge in [-0.05, 0) is 35.9 Å². The van der Waals surface area contributed by atoms with Gasteiger partial charge in [0.25, 0.3) is 0 Å². The summed E-state index contributed by atoms with van der Waals surface area (Å²) in [6, 6.07) is 13.7. The van der Waals surface area contributed by atoms with Gasteiger partial charge in [-0.3, -0.25) is 0 Å². The summed E-state index contributed by atoms with van der Waals surface area (Å²) in [5.74, 6) is 0.376. The maximum atomic E-state index is 13.0. The number of nitrogens with zero attached hydrogens (tertiary/aromatic N) is 1. The Bertz CT molecular complexity index is 668. The van der Waals surface area contributed by atoms with E-state index in [4.69, 9.17) is 14.7 Å². The predicted octanol–water partition coefficient (Wildman–Crippen LogP) is 3.33. The van der Waals surface area contributed by atoms with Crippen LogP contribution in [0.25, 0.3) is 0 Å². The van der Waals surface area contributed by atoms with Crippen molar-refractivity contribution in [1.82, 2.24) is 0 Å². The van der Waals surface area contributed by atoms with Crippen LogP contribution in [0, 0.1) is 17.1 Å². The fraction of sp³-hybridized carbons (Fsp3) is 0.235. The highest BCUT2D eigenvalue weighted by Crippen LogP contribution is 2.16. The molecule has 114 valence electrons. The zero-order valence-corrected chi connectivity index (χ0v) is 12.3. The molecule has 0 atom stereocenters. The monoisotopic (exact) mass is 300 g/mol. The van der Waals surface area contributed by atoms with Crippen LogP contribution < -0.4 is 10.1 Å². The molecule has 0 aliphatic carbocycles. The van der Waals surface area contributed by atoms with Crippen molar-refractivity contribution in [2.45, 2.75) is 6.61 Å². The molecule has 0 saturated carbocycles. The van der Waals surface area contributed by atoms with Crippen LogP contribution in [-0.4, -0.2) is 20.3 Å². The molecule has 0 aliphatic heterocycles. The number of hydrogen-bond acceptors (Lipinski definition) is 4. The van der Waals surface area contributed by atoms with Crippen molar-refractivity contribution < 1.29 is 13.9 Å². The normalized spacial score (nSPS) is 10.0. The van der Waals surface area contributed by atoms with E-state index in [1.807, 2.05) is 30.3 Å². The zero-order valence-electron chi connectivity index (χ0n) is 12.3. The van der Waals surface area contributed by atoms with Crippen molar-refractivity contribution in [1.29, 1.82) is 5.26 Å². The molecule has 0 radical (unpaired) electrons. The van der Waals surface area contributed by atoms with E-state index >= 15 is 0 Å². The van der Waals surface area contributed by atoms with E-state index in [-0.39, 0.29) is 5.56 Å². The maximum absolute atomic E-state index is 13.0.